The lowest BCUT2D eigenvalue weighted by Crippen LogP contribution is -2.53. The average Bonchev–Trinajstić information content (AvgIpc) is 2.35. The van der Waals surface area contributed by atoms with Crippen LogP contribution in [0.25, 0.3) is 0 Å². The van der Waals surface area contributed by atoms with Gasteiger partial charge in [-0.3, -0.25) is 0 Å². The summed E-state index contributed by atoms with van der Waals surface area (Å²) in [5, 5.41) is 2.36. The third-order valence-electron chi connectivity index (χ3n) is 3.25. The van der Waals surface area contributed by atoms with Gasteiger partial charge in [-0.15, -0.1) is 0 Å². The molecule has 2 nitrogen and oxygen atoms in total. The summed E-state index contributed by atoms with van der Waals surface area (Å²) in [6.07, 6.45) is -3.89. The lowest BCUT2D eigenvalue weighted by atomic mass is 9.92. The van der Waals surface area contributed by atoms with Gasteiger partial charge in [0.25, 0.3) is 0 Å². The van der Waals surface area contributed by atoms with E-state index in [-0.39, 0.29) is 6.42 Å². The van der Waals surface area contributed by atoms with E-state index in [0.29, 0.717) is 12.2 Å². The van der Waals surface area contributed by atoms with Crippen molar-refractivity contribution < 1.29 is 17.9 Å². The van der Waals surface area contributed by atoms with E-state index in [2.05, 4.69) is 5.32 Å². The van der Waals surface area contributed by atoms with E-state index in [9.17, 15) is 13.2 Å². The quantitative estimate of drug-likeness (QED) is 0.879. The van der Waals surface area contributed by atoms with Gasteiger partial charge in [-0.25, -0.2) is 0 Å². The van der Waals surface area contributed by atoms with Crippen molar-refractivity contribution in [2.45, 2.75) is 31.5 Å². The van der Waals surface area contributed by atoms with Crippen molar-refractivity contribution in [3.8, 4) is 5.75 Å². The van der Waals surface area contributed by atoms with Crippen LogP contribution in [0, 0.1) is 0 Å². The molecule has 1 N–H and O–H groups in total. The molecule has 0 aliphatic heterocycles. The molecule has 102 valence electrons. The largest absolute Gasteiger partial charge is 0.497 e. The molecule has 0 radical (unpaired) electrons. The minimum Gasteiger partial charge on any atom is -0.497 e. The molecular formula is C13H18F3NO. The van der Waals surface area contributed by atoms with Gasteiger partial charge in [0.15, 0.2) is 0 Å². The maximum Gasteiger partial charge on any atom is 0.406 e. The monoisotopic (exact) mass is 261 g/mol. The maximum atomic E-state index is 12.8. The predicted octanol–water partition coefficient (Wildman–Crippen LogP) is 3.17. The van der Waals surface area contributed by atoms with E-state index in [1.165, 1.54) is 14.0 Å². The Morgan fingerprint density at radius 3 is 2.11 bits per heavy atom. The number of aryl methyl sites for hydroxylation is 1. The summed E-state index contributed by atoms with van der Waals surface area (Å²) in [7, 11) is 2.89. The van der Waals surface area contributed by atoms with Crippen LogP contribution in [0.4, 0.5) is 13.2 Å². The molecule has 0 spiro atoms. The fraction of sp³-hybridized carbons (Fsp3) is 0.538. The highest BCUT2D eigenvalue weighted by atomic mass is 19.4. The topological polar surface area (TPSA) is 21.3 Å². The second kappa shape index (κ2) is 5.61. The van der Waals surface area contributed by atoms with Crippen LogP contribution in [0.2, 0.25) is 0 Å². The van der Waals surface area contributed by atoms with Gasteiger partial charge in [0.05, 0.1) is 7.11 Å². The van der Waals surface area contributed by atoms with Gasteiger partial charge in [-0.2, -0.15) is 13.2 Å². The van der Waals surface area contributed by atoms with Gasteiger partial charge >= 0.3 is 6.18 Å². The number of rotatable bonds is 5. The number of benzene rings is 1. The first-order valence-corrected chi connectivity index (χ1v) is 5.71. The van der Waals surface area contributed by atoms with Gasteiger partial charge in [0.2, 0.25) is 0 Å². The van der Waals surface area contributed by atoms with Crippen LogP contribution >= 0.6 is 0 Å². The van der Waals surface area contributed by atoms with Crippen LogP contribution in [0.15, 0.2) is 24.3 Å². The summed E-state index contributed by atoms with van der Waals surface area (Å²) in [4.78, 5) is 0. The average molecular weight is 261 g/mol. The van der Waals surface area contributed by atoms with Crippen molar-refractivity contribution in [2.75, 3.05) is 14.2 Å². The number of hydrogen-bond acceptors (Lipinski definition) is 2. The Balaban J connectivity index is 2.68. The van der Waals surface area contributed by atoms with Crippen molar-refractivity contribution >= 4 is 0 Å². The molecule has 1 aromatic rings. The summed E-state index contributed by atoms with van der Waals surface area (Å²) in [6, 6.07) is 7.07. The molecule has 0 aliphatic rings. The Labute approximate surface area is 105 Å². The molecular weight excluding hydrogens is 243 g/mol. The number of hydrogen-bond donors (Lipinski definition) is 1. The maximum absolute atomic E-state index is 12.8. The molecule has 0 saturated heterocycles. The summed E-state index contributed by atoms with van der Waals surface area (Å²) < 4.78 is 43.5. The highest BCUT2D eigenvalue weighted by Crippen LogP contribution is 2.33. The fourth-order valence-corrected chi connectivity index (χ4v) is 1.60. The minimum atomic E-state index is -4.26. The Morgan fingerprint density at radius 2 is 1.72 bits per heavy atom. The molecule has 0 saturated carbocycles. The van der Waals surface area contributed by atoms with E-state index >= 15 is 0 Å². The molecule has 0 aliphatic carbocycles. The van der Waals surface area contributed by atoms with Crippen molar-refractivity contribution in [3.05, 3.63) is 29.8 Å². The molecule has 18 heavy (non-hydrogen) atoms. The van der Waals surface area contributed by atoms with E-state index < -0.39 is 11.7 Å². The molecule has 0 amide bonds. The molecule has 0 bridgehead atoms. The molecule has 0 heterocycles. The smallest absolute Gasteiger partial charge is 0.406 e. The lowest BCUT2D eigenvalue weighted by molar-refractivity contribution is -0.191. The summed E-state index contributed by atoms with van der Waals surface area (Å²) in [6.45, 7) is 1.18. The van der Waals surface area contributed by atoms with E-state index in [4.69, 9.17) is 4.74 Å². The molecule has 5 heteroatoms. The first-order valence-electron chi connectivity index (χ1n) is 5.71. The van der Waals surface area contributed by atoms with E-state index in [1.54, 1.807) is 31.4 Å². The van der Waals surface area contributed by atoms with Crippen LogP contribution in [-0.2, 0) is 6.42 Å². The zero-order valence-corrected chi connectivity index (χ0v) is 10.8. The standard InChI is InChI=1S/C13H18F3NO/c1-12(17-2,13(14,15)16)9-8-10-4-6-11(18-3)7-5-10/h4-7,17H,8-9H2,1-3H3. The normalized spacial score (nSPS) is 15.2. The lowest BCUT2D eigenvalue weighted by Gasteiger charge is -2.31. The molecule has 1 aromatic carbocycles. The fourth-order valence-electron chi connectivity index (χ4n) is 1.60. The van der Waals surface area contributed by atoms with Gasteiger partial charge in [-0.05, 0) is 44.5 Å². The Hall–Kier alpha value is -1.23. The number of methoxy groups -OCH3 is 1. The molecule has 0 fully saturated rings. The number of alkyl halides is 3. The van der Waals surface area contributed by atoms with Crippen LogP contribution < -0.4 is 10.1 Å². The predicted molar refractivity (Wildman–Crippen MR) is 64.8 cm³/mol. The van der Waals surface area contributed by atoms with Gasteiger partial charge in [0, 0.05) is 0 Å². The van der Waals surface area contributed by atoms with Crippen LogP contribution in [0.1, 0.15) is 18.9 Å². The number of ether oxygens (including phenoxy) is 1. The minimum absolute atomic E-state index is 0.000666. The van der Waals surface area contributed by atoms with Crippen molar-refractivity contribution in [3.63, 3.8) is 0 Å². The molecule has 1 unspecified atom stereocenters. The molecule has 0 aromatic heterocycles. The van der Waals surface area contributed by atoms with Crippen molar-refractivity contribution in [1.29, 1.82) is 0 Å². The summed E-state index contributed by atoms with van der Waals surface area (Å²) in [5.41, 5.74) is -0.992. The second-order valence-electron chi connectivity index (χ2n) is 4.43. The number of halogens is 3. The zero-order valence-electron chi connectivity index (χ0n) is 10.8. The summed E-state index contributed by atoms with van der Waals surface area (Å²) >= 11 is 0. The van der Waals surface area contributed by atoms with Crippen LogP contribution in [0.3, 0.4) is 0 Å². The SMILES string of the molecule is CNC(C)(CCc1ccc(OC)cc1)C(F)(F)F. The third-order valence-corrected chi connectivity index (χ3v) is 3.25. The third kappa shape index (κ3) is 3.38. The van der Waals surface area contributed by atoms with E-state index in [0.717, 1.165) is 5.56 Å². The highest BCUT2D eigenvalue weighted by Gasteiger charge is 2.49. The van der Waals surface area contributed by atoms with Gasteiger partial charge in [-0.1, -0.05) is 12.1 Å². The van der Waals surface area contributed by atoms with Crippen LogP contribution in [0.5, 0.6) is 5.75 Å². The van der Waals surface area contributed by atoms with Gasteiger partial charge in [0.1, 0.15) is 11.3 Å². The number of nitrogens with one attached hydrogen (secondary N) is 1. The Bertz CT molecular complexity index is 375. The first-order chi connectivity index (χ1) is 8.32. The summed E-state index contributed by atoms with van der Waals surface area (Å²) in [5.74, 6) is 0.700. The Kier molecular flexibility index (Phi) is 4.62. The van der Waals surface area contributed by atoms with E-state index in [1.807, 2.05) is 0 Å². The van der Waals surface area contributed by atoms with Crippen molar-refractivity contribution in [2.24, 2.45) is 0 Å². The highest BCUT2D eigenvalue weighted by molar-refractivity contribution is 5.27. The van der Waals surface area contributed by atoms with Crippen LogP contribution in [-0.4, -0.2) is 25.9 Å². The van der Waals surface area contributed by atoms with Crippen molar-refractivity contribution in [1.82, 2.24) is 5.32 Å². The first kappa shape index (κ1) is 14.8. The Morgan fingerprint density at radius 1 is 1.17 bits per heavy atom. The van der Waals surface area contributed by atoms with Gasteiger partial charge < -0.3 is 10.1 Å². The molecule has 1 rings (SSSR count). The second-order valence-corrected chi connectivity index (χ2v) is 4.43. The zero-order chi connectivity index (χ0) is 13.8. The molecule has 1 atom stereocenters.